The molecule has 0 bridgehead atoms. The van der Waals surface area contributed by atoms with Gasteiger partial charge in [-0.1, -0.05) is 6.07 Å². The summed E-state index contributed by atoms with van der Waals surface area (Å²) in [5.41, 5.74) is -2.13. The third kappa shape index (κ3) is 4.94. The number of hydrogen-bond acceptors (Lipinski definition) is 9. The Bertz CT molecular complexity index is 829. The standard InChI is InChI=1S/C15H20N4O5S2/c1-14(2,3)24-13(21)19-8-10(25)7-15(19,9-20)17-11-5-4-6-12(16-11)18-26(22)23/h4-6,9-10,25H,7-8H2,1-3H3,(H,16,17)/t10-,15-/m0/s1. The molecule has 0 unspecified atom stereocenters. The molecule has 11 heteroatoms. The van der Waals surface area contributed by atoms with E-state index in [0.29, 0.717) is 6.29 Å². The lowest BCUT2D eigenvalue weighted by molar-refractivity contribution is -0.115. The van der Waals surface area contributed by atoms with Crippen LogP contribution in [0.25, 0.3) is 0 Å². The highest BCUT2D eigenvalue weighted by Crippen LogP contribution is 2.33. The monoisotopic (exact) mass is 400 g/mol. The van der Waals surface area contributed by atoms with Crippen LogP contribution >= 0.6 is 12.6 Å². The van der Waals surface area contributed by atoms with E-state index in [4.69, 9.17) is 4.74 Å². The first-order valence-corrected chi connectivity index (χ1v) is 9.31. The number of rotatable bonds is 4. The van der Waals surface area contributed by atoms with E-state index in [2.05, 4.69) is 27.3 Å². The van der Waals surface area contributed by atoms with E-state index in [-0.39, 0.29) is 29.9 Å². The van der Waals surface area contributed by atoms with E-state index in [1.807, 2.05) is 0 Å². The maximum Gasteiger partial charge on any atom is 0.412 e. The number of hydrogen-bond donors (Lipinski definition) is 2. The quantitative estimate of drug-likeness (QED) is 0.586. The zero-order chi connectivity index (χ0) is 19.5. The number of nitrogens with one attached hydrogen (secondary N) is 1. The molecule has 1 saturated heterocycles. The molecule has 142 valence electrons. The van der Waals surface area contributed by atoms with Gasteiger partial charge in [-0.3, -0.25) is 9.69 Å². The molecule has 9 nitrogen and oxygen atoms in total. The number of thiol groups is 1. The summed E-state index contributed by atoms with van der Waals surface area (Å²) in [5, 5.41) is 2.65. The highest BCUT2D eigenvalue weighted by Gasteiger charge is 2.49. The van der Waals surface area contributed by atoms with E-state index in [9.17, 15) is 18.0 Å². The van der Waals surface area contributed by atoms with E-state index >= 15 is 0 Å². The molecule has 1 N–H and O–H groups in total. The van der Waals surface area contributed by atoms with Crippen molar-refractivity contribution >= 4 is 47.1 Å². The van der Waals surface area contributed by atoms with Crippen molar-refractivity contribution in [2.24, 2.45) is 4.36 Å². The molecule has 26 heavy (non-hydrogen) atoms. The van der Waals surface area contributed by atoms with Crippen LogP contribution in [0, 0.1) is 0 Å². The molecule has 0 saturated carbocycles. The first-order valence-electron chi connectivity index (χ1n) is 7.76. The first kappa shape index (κ1) is 20.2. The number of anilines is 1. The topological polar surface area (TPSA) is 118 Å². The molecule has 2 atom stereocenters. The molecular formula is C15H20N4O5S2. The van der Waals surface area contributed by atoms with Crippen LogP contribution in [0.3, 0.4) is 0 Å². The SMILES string of the molecule is CC(C)(C)OC(=O)N1C[C@@H](S)C[C@]1(C=O)Nc1cccc(N=S(=O)=O)n1. The summed E-state index contributed by atoms with van der Waals surface area (Å²) in [4.78, 5) is 29.8. The van der Waals surface area contributed by atoms with Crippen LogP contribution in [0.1, 0.15) is 27.2 Å². The smallest absolute Gasteiger partial charge is 0.412 e. The normalized spacial score (nSPS) is 22.6. The van der Waals surface area contributed by atoms with Gasteiger partial charge in [-0.25, -0.2) is 9.78 Å². The number of aldehydes is 1. The minimum Gasteiger partial charge on any atom is -0.444 e. The number of amides is 1. The summed E-state index contributed by atoms with van der Waals surface area (Å²) in [6.07, 6.45) is 0.176. The third-order valence-electron chi connectivity index (χ3n) is 3.48. The van der Waals surface area contributed by atoms with Gasteiger partial charge in [0.25, 0.3) is 0 Å². The summed E-state index contributed by atoms with van der Waals surface area (Å²) in [5.74, 6) is 0.147. The number of ether oxygens (including phenoxy) is 1. The molecule has 0 aliphatic carbocycles. The molecule has 1 aromatic heterocycles. The van der Waals surface area contributed by atoms with Crippen molar-refractivity contribution in [3.05, 3.63) is 18.2 Å². The second-order valence-corrected chi connectivity index (χ2v) is 8.15. The molecule has 2 heterocycles. The summed E-state index contributed by atoms with van der Waals surface area (Å²) < 4.78 is 30.1. The minimum atomic E-state index is -2.65. The third-order valence-corrected chi connectivity index (χ3v) is 4.16. The maximum atomic E-state index is 12.5. The van der Waals surface area contributed by atoms with Crippen molar-refractivity contribution in [3.63, 3.8) is 0 Å². The molecule has 1 aliphatic heterocycles. The highest BCUT2D eigenvalue weighted by molar-refractivity contribution is 7.81. The van der Waals surface area contributed by atoms with Crippen LogP contribution in [0.2, 0.25) is 0 Å². The zero-order valence-corrected chi connectivity index (χ0v) is 16.3. The van der Waals surface area contributed by atoms with Gasteiger partial charge < -0.3 is 10.1 Å². The molecule has 1 amide bonds. The predicted molar refractivity (Wildman–Crippen MR) is 98.0 cm³/mol. The summed E-state index contributed by atoms with van der Waals surface area (Å²) in [7, 11) is -2.65. The van der Waals surface area contributed by atoms with Crippen molar-refractivity contribution in [1.29, 1.82) is 0 Å². The predicted octanol–water partition coefficient (Wildman–Crippen LogP) is 2.02. The van der Waals surface area contributed by atoms with Crippen LogP contribution < -0.4 is 5.32 Å². The molecule has 0 aromatic carbocycles. The fourth-order valence-corrected chi connectivity index (χ4v) is 3.26. The fraction of sp³-hybridized carbons (Fsp3) is 0.533. The largest absolute Gasteiger partial charge is 0.444 e. The number of pyridine rings is 1. The van der Waals surface area contributed by atoms with Crippen LogP contribution in [0.4, 0.5) is 16.4 Å². The highest BCUT2D eigenvalue weighted by atomic mass is 32.2. The van der Waals surface area contributed by atoms with Crippen LogP contribution in [0.15, 0.2) is 22.6 Å². The van der Waals surface area contributed by atoms with Crippen molar-refractivity contribution in [1.82, 2.24) is 9.88 Å². The van der Waals surface area contributed by atoms with Crippen molar-refractivity contribution in [2.75, 3.05) is 11.9 Å². The van der Waals surface area contributed by atoms with Gasteiger partial charge >= 0.3 is 16.6 Å². The number of carbonyl (C=O) groups is 2. The van der Waals surface area contributed by atoms with Crippen molar-refractivity contribution < 1.29 is 22.7 Å². The Morgan fingerprint density at radius 2 is 2.19 bits per heavy atom. The average Bonchev–Trinajstić information content (AvgIpc) is 2.82. The molecule has 2 rings (SSSR count). The van der Waals surface area contributed by atoms with E-state index in [1.165, 1.54) is 23.1 Å². The molecule has 0 spiro atoms. The first-order chi connectivity index (χ1) is 12.0. The molecule has 1 fully saturated rings. The Morgan fingerprint density at radius 1 is 1.50 bits per heavy atom. The summed E-state index contributed by atoms with van der Waals surface area (Å²) >= 11 is 4.39. The van der Waals surface area contributed by atoms with Gasteiger partial charge in [0.05, 0.1) is 0 Å². The average molecular weight is 400 g/mol. The van der Waals surface area contributed by atoms with Gasteiger partial charge in [-0.15, -0.1) is 4.36 Å². The van der Waals surface area contributed by atoms with Gasteiger partial charge in [0.15, 0.2) is 17.8 Å². The summed E-state index contributed by atoms with van der Waals surface area (Å²) in [6, 6.07) is 4.47. The molecular weight excluding hydrogens is 380 g/mol. The minimum absolute atomic E-state index is 0.0476. The Kier molecular flexibility index (Phi) is 5.91. The second kappa shape index (κ2) is 7.62. The lowest BCUT2D eigenvalue weighted by Crippen LogP contribution is -2.55. The lowest BCUT2D eigenvalue weighted by Gasteiger charge is -2.35. The van der Waals surface area contributed by atoms with Crippen LogP contribution in [0.5, 0.6) is 0 Å². The second-order valence-electron chi connectivity index (χ2n) is 6.81. The fourth-order valence-electron chi connectivity index (χ4n) is 2.56. The maximum absolute atomic E-state index is 12.5. The van der Waals surface area contributed by atoms with E-state index in [0.717, 1.165) is 0 Å². The van der Waals surface area contributed by atoms with Gasteiger partial charge in [0, 0.05) is 18.2 Å². The lowest BCUT2D eigenvalue weighted by atomic mass is 10.1. The Balaban J connectivity index is 2.34. The van der Waals surface area contributed by atoms with Crippen molar-refractivity contribution in [2.45, 2.75) is 43.7 Å². The molecule has 1 aliphatic rings. The Morgan fingerprint density at radius 3 is 2.77 bits per heavy atom. The molecule has 0 radical (unpaired) electrons. The van der Waals surface area contributed by atoms with E-state index < -0.39 is 27.9 Å². The number of aromatic nitrogens is 1. The van der Waals surface area contributed by atoms with Gasteiger partial charge in [-0.05, 0) is 32.9 Å². The van der Waals surface area contributed by atoms with Gasteiger partial charge in [-0.2, -0.15) is 21.0 Å². The Labute approximate surface area is 158 Å². The zero-order valence-electron chi connectivity index (χ0n) is 14.5. The van der Waals surface area contributed by atoms with Gasteiger partial charge in [0.1, 0.15) is 11.4 Å². The number of likely N-dealkylation sites (tertiary alicyclic amines) is 1. The van der Waals surface area contributed by atoms with Crippen LogP contribution in [-0.4, -0.2) is 53.7 Å². The van der Waals surface area contributed by atoms with Gasteiger partial charge in [0.2, 0.25) is 0 Å². The summed E-state index contributed by atoms with van der Waals surface area (Å²) in [6.45, 7) is 5.39. The van der Waals surface area contributed by atoms with E-state index in [1.54, 1.807) is 20.8 Å². The van der Waals surface area contributed by atoms with Crippen LogP contribution in [-0.2, 0) is 20.0 Å². The molecule has 1 aromatic rings. The number of carbonyl (C=O) groups excluding carboxylic acids is 2. The van der Waals surface area contributed by atoms with Crippen molar-refractivity contribution in [3.8, 4) is 0 Å². The Hall–Kier alpha value is -2.14. The number of nitrogens with zero attached hydrogens (tertiary/aromatic N) is 3.